The maximum Gasteiger partial charge on any atom is 0.290 e. The van der Waals surface area contributed by atoms with E-state index in [1.165, 1.54) is 16.4 Å². The number of carbonyl (C=O) groups is 1. The second-order valence-corrected chi connectivity index (χ2v) is 9.28. The molecule has 2 heterocycles. The summed E-state index contributed by atoms with van der Waals surface area (Å²) in [4.78, 5) is 14.9. The lowest BCUT2D eigenvalue weighted by Crippen LogP contribution is -2.37. The Bertz CT molecular complexity index is 1190. The number of para-hydroxylation sites is 1. The number of furan rings is 1. The Morgan fingerprint density at radius 3 is 2.55 bits per heavy atom. The van der Waals surface area contributed by atoms with Gasteiger partial charge in [-0.1, -0.05) is 18.2 Å². The van der Waals surface area contributed by atoms with Crippen molar-refractivity contribution in [2.45, 2.75) is 17.9 Å². The van der Waals surface area contributed by atoms with E-state index in [-0.39, 0.29) is 42.8 Å². The SMILES string of the molecule is COCc1c(C(=O)N2CCCN(S(=O)(=O)c3ccc(F)cc3)CC2)oc2ccccc12. The number of amides is 1. The highest BCUT2D eigenvalue weighted by Crippen LogP contribution is 2.28. The van der Waals surface area contributed by atoms with Gasteiger partial charge < -0.3 is 14.1 Å². The molecule has 0 radical (unpaired) electrons. The van der Waals surface area contributed by atoms with Crippen LogP contribution in [0.2, 0.25) is 0 Å². The third-order valence-electron chi connectivity index (χ3n) is 5.37. The molecule has 1 aliphatic rings. The summed E-state index contributed by atoms with van der Waals surface area (Å²) in [5.41, 5.74) is 1.29. The van der Waals surface area contributed by atoms with E-state index in [0.717, 1.165) is 17.5 Å². The summed E-state index contributed by atoms with van der Waals surface area (Å²) < 4.78 is 51.5. The molecule has 1 saturated heterocycles. The average Bonchev–Trinajstić information content (AvgIpc) is 2.95. The van der Waals surface area contributed by atoms with E-state index in [1.807, 2.05) is 18.2 Å². The van der Waals surface area contributed by atoms with Crippen molar-refractivity contribution in [3.63, 3.8) is 0 Å². The summed E-state index contributed by atoms with van der Waals surface area (Å²) in [5.74, 6) is -0.563. The molecule has 9 heteroatoms. The molecule has 4 rings (SSSR count). The van der Waals surface area contributed by atoms with Crippen molar-refractivity contribution >= 4 is 26.9 Å². The monoisotopic (exact) mass is 446 g/mol. The third kappa shape index (κ3) is 4.21. The smallest absolute Gasteiger partial charge is 0.290 e. The molecule has 0 saturated carbocycles. The topological polar surface area (TPSA) is 80.1 Å². The van der Waals surface area contributed by atoms with Crippen LogP contribution in [-0.4, -0.2) is 56.8 Å². The molecule has 2 aromatic carbocycles. The zero-order valence-electron chi connectivity index (χ0n) is 17.1. The van der Waals surface area contributed by atoms with Gasteiger partial charge in [0.2, 0.25) is 10.0 Å². The Balaban J connectivity index is 1.55. The Labute approximate surface area is 180 Å². The van der Waals surface area contributed by atoms with Crippen LogP contribution in [0.3, 0.4) is 0 Å². The minimum absolute atomic E-state index is 0.0355. The molecule has 1 aliphatic heterocycles. The molecular weight excluding hydrogens is 423 g/mol. The summed E-state index contributed by atoms with van der Waals surface area (Å²) in [6.07, 6.45) is 0.478. The predicted molar refractivity (Wildman–Crippen MR) is 113 cm³/mol. The van der Waals surface area contributed by atoms with Gasteiger partial charge in [-0.3, -0.25) is 4.79 Å². The maximum absolute atomic E-state index is 13.2. The molecule has 0 N–H and O–H groups in total. The van der Waals surface area contributed by atoms with Crippen molar-refractivity contribution in [3.05, 3.63) is 65.7 Å². The van der Waals surface area contributed by atoms with Gasteiger partial charge >= 0.3 is 0 Å². The van der Waals surface area contributed by atoms with Gasteiger partial charge in [-0.25, -0.2) is 12.8 Å². The van der Waals surface area contributed by atoms with Crippen molar-refractivity contribution in [2.24, 2.45) is 0 Å². The van der Waals surface area contributed by atoms with E-state index in [1.54, 1.807) is 18.1 Å². The van der Waals surface area contributed by atoms with Crippen LogP contribution in [0.15, 0.2) is 57.8 Å². The highest BCUT2D eigenvalue weighted by molar-refractivity contribution is 7.89. The second kappa shape index (κ2) is 8.78. The number of sulfonamides is 1. The van der Waals surface area contributed by atoms with Gasteiger partial charge in [0.05, 0.1) is 11.5 Å². The molecule has 1 fully saturated rings. The summed E-state index contributed by atoms with van der Waals surface area (Å²) in [6, 6.07) is 12.1. The highest BCUT2D eigenvalue weighted by Gasteiger charge is 2.31. The van der Waals surface area contributed by atoms with Crippen molar-refractivity contribution in [3.8, 4) is 0 Å². The molecule has 7 nitrogen and oxygen atoms in total. The van der Waals surface area contributed by atoms with Crippen molar-refractivity contribution in [2.75, 3.05) is 33.3 Å². The lowest BCUT2D eigenvalue weighted by atomic mass is 10.1. The van der Waals surface area contributed by atoms with Crippen LogP contribution in [0.4, 0.5) is 4.39 Å². The van der Waals surface area contributed by atoms with E-state index in [2.05, 4.69) is 0 Å². The van der Waals surface area contributed by atoms with Crippen LogP contribution in [0.5, 0.6) is 0 Å². The summed E-state index contributed by atoms with van der Waals surface area (Å²) in [5, 5.41) is 0.822. The van der Waals surface area contributed by atoms with E-state index < -0.39 is 15.8 Å². The first-order valence-electron chi connectivity index (χ1n) is 9.96. The number of ether oxygens (including phenoxy) is 1. The molecule has 31 heavy (non-hydrogen) atoms. The molecule has 0 bridgehead atoms. The molecule has 3 aromatic rings. The summed E-state index contributed by atoms with van der Waals surface area (Å²) >= 11 is 0. The van der Waals surface area contributed by atoms with Gasteiger partial charge in [0.15, 0.2) is 5.76 Å². The van der Waals surface area contributed by atoms with Gasteiger partial charge in [0.1, 0.15) is 11.4 Å². The number of carbonyl (C=O) groups excluding carboxylic acids is 1. The Kier molecular flexibility index (Phi) is 6.08. The zero-order valence-corrected chi connectivity index (χ0v) is 17.9. The fraction of sp³-hybridized carbons (Fsp3) is 0.318. The van der Waals surface area contributed by atoms with E-state index in [9.17, 15) is 17.6 Å². The largest absolute Gasteiger partial charge is 0.451 e. The molecule has 0 unspecified atom stereocenters. The number of hydrogen-bond donors (Lipinski definition) is 0. The van der Waals surface area contributed by atoms with Gasteiger partial charge in [-0.2, -0.15) is 4.31 Å². The molecule has 1 aromatic heterocycles. The minimum atomic E-state index is -3.77. The zero-order chi connectivity index (χ0) is 22.0. The average molecular weight is 447 g/mol. The first-order valence-corrected chi connectivity index (χ1v) is 11.4. The highest BCUT2D eigenvalue weighted by atomic mass is 32.2. The number of benzene rings is 2. The summed E-state index contributed by atoms with van der Waals surface area (Å²) in [7, 11) is -2.21. The van der Waals surface area contributed by atoms with Gasteiger partial charge in [-0.15, -0.1) is 0 Å². The standard InChI is InChI=1S/C22H23FN2O5S/c1-29-15-19-18-5-2-3-6-20(18)30-21(19)22(26)24-11-4-12-25(14-13-24)31(27,28)17-9-7-16(23)8-10-17/h2-3,5-10H,4,11-15H2,1H3. The third-order valence-corrected chi connectivity index (χ3v) is 7.29. The quantitative estimate of drug-likeness (QED) is 0.601. The maximum atomic E-state index is 13.2. The van der Waals surface area contributed by atoms with E-state index >= 15 is 0 Å². The first kappa shape index (κ1) is 21.5. The normalized spacial score (nSPS) is 15.9. The fourth-order valence-electron chi connectivity index (χ4n) is 3.80. The van der Waals surface area contributed by atoms with Crippen LogP contribution in [0.1, 0.15) is 22.5 Å². The molecule has 0 atom stereocenters. The van der Waals surface area contributed by atoms with Crippen LogP contribution >= 0.6 is 0 Å². The predicted octanol–water partition coefficient (Wildman–Crippen LogP) is 3.26. The van der Waals surface area contributed by atoms with Crippen LogP contribution < -0.4 is 0 Å². The van der Waals surface area contributed by atoms with Crippen LogP contribution in [0.25, 0.3) is 11.0 Å². The van der Waals surface area contributed by atoms with E-state index in [4.69, 9.17) is 9.15 Å². The second-order valence-electron chi connectivity index (χ2n) is 7.34. The van der Waals surface area contributed by atoms with E-state index in [0.29, 0.717) is 24.1 Å². The first-order chi connectivity index (χ1) is 14.9. The number of nitrogens with zero attached hydrogens (tertiary/aromatic N) is 2. The molecule has 164 valence electrons. The number of hydrogen-bond acceptors (Lipinski definition) is 5. The Morgan fingerprint density at radius 1 is 1.06 bits per heavy atom. The lowest BCUT2D eigenvalue weighted by Gasteiger charge is -2.21. The Hall–Kier alpha value is -2.75. The van der Waals surface area contributed by atoms with Gasteiger partial charge in [0, 0.05) is 44.2 Å². The van der Waals surface area contributed by atoms with Gasteiger partial charge in [-0.05, 0) is 36.8 Å². The number of rotatable bonds is 5. The lowest BCUT2D eigenvalue weighted by molar-refractivity contribution is 0.0728. The Morgan fingerprint density at radius 2 is 1.81 bits per heavy atom. The molecule has 1 amide bonds. The van der Waals surface area contributed by atoms with Crippen molar-refractivity contribution in [1.29, 1.82) is 0 Å². The molecule has 0 spiro atoms. The minimum Gasteiger partial charge on any atom is -0.451 e. The van der Waals surface area contributed by atoms with Gasteiger partial charge in [0.25, 0.3) is 5.91 Å². The summed E-state index contributed by atoms with van der Waals surface area (Å²) in [6.45, 7) is 1.28. The number of methoxy groups -OCH3 is 1. The van der Waals surface area contributed by atoms with Crippen LogP contribution in [-0.2, 0) is 21.4 Å². The number of fused-ring (bicyclic) bond motifs is 1. The fourth-order valence-corrected chi connectivity index (χ4v) is 5.27. The van der Waals surface area contributed by atoms with Crippen LogP contribution in [0, 0.1) is 5.82 Å². The van der Waals surface area contributed by atoms with Crippen molar-refractivity contribution < 1.29 is 26.8 Å². The molecular formula is C22H23FN2O5S. The molecule has 0 aliphatic carbocycles. The van der Waals surface area contributed by atoms with Crippen molar-refractivity contribution in [1.82, 2.24) is 9.21 Å². The number of halogens is 1.